The van der Waals surface area contributed by atoms with E-state index in [0.29, 0.717) is 0 Å². The van der Waals surface area contributed by atoms with Crippen LogP contribution in [0.2, 0.25) is 0 Å². The van der Waals surface area contributed by atoms with Gasteiger partial charge in [-0.15, -0.1) is 0 Å². The highest BCUT2D eigenvalue weighted by Gasteiger charge is 1.99. The van der Waals surface area contributed by atoms with Crippen LogP contribution in [-0.4, -0.2) is 0 Å². The molecule has 1 aromatic heterocycles. The maximum Gasteiger partial charge on any atom is 0.168 e. The molecule has 1 aromatic rings. The van der Waals surface area contributed by atoms with Crippen LogP contribution in [0.15, 0.2) is 42.7 Å². The van der Waals surface area contributed by atoms with E-state index >= 15 is 0 Å². The third kappa shape index (κ3) is 3.88. The Bertz CT molecular complexity index is 251. The molecule has 70 valence electrons. The molecule has 1 heteroatoms. The van der Waals surface area contributed by atoms with Gasteiger partial charge in [0.15, 0.2) is 18.9 Å². The molecule has 0 spiro atoms. The SMILES string of the molecule is C=C(CCC)CC[n+]1ccccc1. The molecule has 0 bridgehead atoms. The Morgan fingerprint density at radius 1 is 1.15 bits per heavy atom. The number of pyridine rings is 1. The van der Waals surface area contributed by atoms with Crippen molar-refractivity contribution in [3.63, 3.8) is 0 Å². The van der Waals surface area contributed by atoms with Crippen molar-refractivity contribution in [1.29, 1.82) is 0 Å². The molecule has 0 aliphatic rings. The first-order chi connectivity index (χ1) is 6.33. The smallest absolute Gasteiger partial charge is 0.168 e. The highest BCUT2D eigenvalue weighted by molar-refractivity contribution is 4.92. The maximum absolute atomic E-state index is 4.05. The minimum atomic E-state index is 1.06. The van der Waals surface area contributed by atoms with E-state index in [1.165, 1.54) is 12.0 Å². The van der Waals surface area contributed by atoms with Crippen LogP contribution in [0.25, 0.3) is 0 Å². The van der Waals surface area contributed by atoms with Crippen LogP contribution in [0.1, 0.15) is 26.2 Å². The summed E-state index contributed by atoms with van der Waals surface area (Å²) in [5.41, 5.74) is 1.36. The van der Waals surface area contributed by atoms with Crippen molar-refractivity contribution >= 4 is 0 Å². The molecule has 0 atom stereocenters. The summed E-state index contributed by atoms with van der Waals surface area (Å²) in [7, 11) is 0. The lowest BCUT2D eigenvalue weighted by atomic mass is 10.1. The van der Waals surface area contributed by atoms with Crippen LogP contribution in [0.4, 0.5) is 0 Å². The first-order valence-corrected chi connectivity index (χ1v) is 4.93. The zero-order chi connectivity index (χ0) is 9.52. The molecule has 0 aromatic carbocycles. The van der Waals surface area contributed by atoms with E-state index in [2.05, 4.69) is 42.6 Å². The molecular weight excluding hydrogens is 158 g/mol. The van der Waals surface area contributed by atoms with Gasteiger partial charge < -0.3 is 0 Å². The van der Waals surface area contributed by atoms with Gasteiger partial charge in [-0.05, 0) is 6.42 Å². The van der Waals surface area contributed by atoms with Crippen molar-refractivity contribution in [3.05, 3.63) is 42.7 Å². The Morgan fingerprint density at radius 3 is 2.46 bits per heavy atom. The molecule has 0 aliphatic carbocycles. The minimum absolute atomic E-state index is 1.06. The number of hydrogen-bond donors (Lipinski definition) is 0. The fraction of sp³-hybridized carbons (Fsp3) is 0.417. The Hall–Kier alpha value is -1.11. The summed E-state index contributed by atoms with van der Waals surface area (Å²) < 4.78 is 2.20. The molecule has 0 aliphatic heterocycles. The molecule has 0 N–H and O–H groups in total. The molecular formula is C12H18N+. The second-order valence-electron chi connectivity index (χ2n) is 3.36. The molecule has 0 unspecified atom stereocenters. The summed E-state index contributed by atoms with van der Waals surface area (Å²) in [5.74, 6) is 0. The lowest BCUT2D eigenvalue weighted by Crippen LogP contribution is -2.32. The van der Waals surface area contributed by atoms with E-state index < -0.39 is 0 Å². The molecule has 0 saturated heterocycles. The summed E-state index contributed by atoms with van der Waals surface area (Å²) in [5, 5.41) is 0. The first kappa shape index (κ1) is 9.97. The van der Waals surface area contributed by atoms with Crippen LogP contribution < -0.4 is 4.57 Å². The molecule has 0 radical (unpaired) electrons. The number of rotatable bonds is 5. The van der Waals surface area contributed by atoms with E-state index in [1.807, 2.05) is 6.07 Å². The molecule has 1 nitrogen and oxygen atoms in total. The van der Waals surface area contributed by atoms with Crippen molar-refractivity contribution in [2.75, 3.05) is 0 Å². The number of nitrogens with zero attached hydrogens (tertiary/aromatic N) is 1. The Labute approximate surface area is 80.7 Å². The van der Waals surface area contributed by atoms with Gasteiger partial charge in [-0.1, -0.05) is 31.6 Å². The van der Waals surface area contributed by atoms with Crippen LogP contribution in [0, 0.1) is 0 Å². The monoisotopic (exact) mass is 176 g/mol. The Kier molecular flexibility index (Phi) is 4.24. The van der Waals surface area contributed by atoms with E-state index in [0.717, 1.165) is 19.4 Å². The Balaban J connectivity index is 2.31. The number of aryl methyl sites for hydroxylation is 1. The van der Waals surface area contributed by atoms with Crippen LogP contribution >= 0.6 is 0 Å². The highest BCUT2D eigenvalue weighted by Crippen LogP contribution is 2.05. The standard InChI is InChI=1S/C12H18N/c1-3-7-12(2)8-11-13-9-5-4-6-10-13/h4-6,9-10H,2-3,7-8,11H2,1H3/q+1. The topological polar surface area (TPSA) is 3.88 Å². The molecule has 0 fully saturated rings. The van der Waals surface area contributed by atoms with Crippen LogP contribution in [0.3, 0.4) is 0 Å². The molecule has 1 rings (SSSR count). The predicted molar refractivity (Wildman–Crippen MR) is 55.3 cm³/mol. The van der Waals surface area contributed by atoms with Gasteiger partial charge >= 0.3 is 0 Å². The minimum Gasteiger partial charge on any atom is -0.205 e. The van der Waals surface area contributed by atoms with Crippen molar-refractivity contribution < 1.29 is 4.57 Å². The number of hydrogen-bond acceptors (Lipinski definition) is 0. The first-order valence-electron chi connectivity index (χ1n) is 4.93. The van der Waals surface area contributed by atoms with Crippen molar-refractivity contribution in [2.45, 2.75) is 32.7 Å². The molecule has 1 heterocycles. The fourth-order valence-corrected chi connectivity index (χ4v) is 1.35. The van der Waals surface area contributed by atoms with Gasteiger partial charge in [0, 0.05) is 18.6 Å². The predicted octanol–water partition coefficient (Wildman–Crippen LogP) is 2.72. The largest absolute Gasteiger partial charge is 0.205 e. The summed E-state index contributed by atoms with van der Waals surface area (Å²) in [6, 6.07) is 6.16. The third-order valence-corrected chi connectivity index (χ3v) is 2.10. The summed E-state index contributed by atoms with van der Waals surface area (Å²) in [6.07, 6.45) is 7.66. The fourth-order valence-electron chi connectivity index (χ4n) is 1.35. The Morgan fingerprint density at radius 2 is 1.85 bits per heavy atom. The van der Waals surface area contributed by atoms with Crippen molar-refractivity contribution in [1.82, 2.24) is 0 Å². The van der Waals surface area contributed by atoms with Gasteiger partial charge in [-0.3, -0.25) is 0 Å². The molecule has 0 amide bonds. The summed E-state index contributed by atoms with van der Waals surface area (Å²) in [6.45, 7) is 7.30. The number of aromatic nitrogens is 1. The average Bonchev–Trinajstić information content (AvgIpc) is 2.17. The quantitative estimate of drug-likeness (QED) is 0.480. The molecule has 0 saturated carbocycles. The normalized spacial score (nSPS) is 9.92. The second-order valence-corrected chi connectivity index (χ2v) is 3.36. The van der Waals surface area contributed by atoms with E-state index in [-0.39, 0.29) is 0 Å². The van der Waals surface area contributed by atoms with Crippen molar-refractivity contribution in [3.8, 4) is 0 Å². The highest BCUT2D eigenvalue weighted by atomic mass is 14.9. The van der Waals surface area contributed by atoms with Gasteiger partial charge in [0.25, 0.3) is 0 Å². The second kappa shape index (κ2) is 5.52. The lowest BCUT2D eigenvalue weighted by molar-refractivity contribution is -0.696. The zero-order valence-electron chi connectivity index (χ0n) is 8.37. The van der Waals surface area contributed by atoms with Gasteiger partial charge in [0.1, 0.15) is 0 Å². The maximum atomic E-state index is 4.05. The summed E-state index contributed by atoms with van der Waals surface area (Å²) >= 11 is 0. The zero-order valence-corrected chi connectivity index (χ0v) is 8.37. The number of allylic oxidation sites excluding steroid dienone is 1. The van der Waals surface area contributed by atoms with Crippen LogP contribution in [-0.2, 0) is 6.54 Å². The van der Waals surface area contributed by atoms with E-state index in [4.69, 9.17) is 0 Å². The van der Waals surface area contributed by atoms with Crippen molar-refractivity contribution in [2.24, 2.45) is 0 Å². The lowest BCUT2D eigenvalue weighted by Gasteiger charge is -2.00. The van der Waals surface area contributed by atoms with Gasteiger partial charge in [0.2, 0.25) is 0 Å². The van der Waals surface area contributed by atoms with E-state index in [9.17, 15) is 0 Å². The van der Waals surface area contributed by atoms with Gasteiger partial charge in [0.05, 0.1) is 0 Å². The van der Waals surface area contributed by atoms with Gasteiger partial charge in [-0.25, -0.2) is 4.57 Å². The molecule has 13 heavy (non-hydrogen) atoms. The van der Waals surface area contributed by atoms with Crippen LogP contribution in [0.5, 0.6) is 0 Å². The average molecular weight is 176 g/mol. The van der Waals surface area contributed by atoms with E-state index in [1.54, 1.807) is 0 Å². The summed E-state index contributed by atoms with van der Waals surface area (Å²) in [4.78, 5) is 0. The third-order valence-electron chi connectivity index (χ3n) is 2.10. The van der Waals surface area contributed by atoms with Gasteiger partial charge in [-0.2, -0.15) is 0 Å².